The molecule has 142 valence electrons. The van der Waals surface area contributed by atoms with E-state index in [0.29, 0.717) is 5.69 Å². The molecule has 0 bridgehead atoms. The van der Waals surface area contributed by atoms with Gasteiger partial charge in [0.05, 0.1) is 17.7 Å². The smallest absolute Gasteiger partial charge is 0.281 e. The summed E-state index contributed by atoms with van der Waals surface area (Å²) in [6.45, 7) is 0. The maximum atomic E-state index is 12.6. The van der Waals surface area contributed by atoms with Crippen molar-refractivity contribution in [2.45, 2.75) is 10.9 Å². The number of hydrogen-bond donors (Lipinski definition) is 0. The number of para-hydroxylation sites is 1. The zero-order chi connectivity index (χ0) is 20.3. The molecule has 1 unspecified atom stereocenters. The van der Waals surface area contributed by atoms with Gasteiger partial charge >= 0.3 is 0 Å². The highest BCUT2D eigenvalue weighted by Crippen LogP contribution is 2.32. The number of carbonyl (C=O) groups excluding carboxylic acids is 1. The first-order chi connectivity index (χ1) is 13.3. The fourth-order valence-corrected chi connectivity index (χ4v) is 3.18. The highest BCUT2D eigenvalue weighted by atomic mass is 35.7. The van der Waals surface area contributed by atoms with Gasteiger partial charge in [-0.3, -0.25) is 4.79 Å². The van der Waals surface area contributed by atoms with Crippen molar-refractivity contribution < 1.29 is 17.9 Å². The molecule has 0 saturated heterocycles. The summed E-state index contributed by atoms with van der Waals surface area (Å²) < 4.78 is 28.2. The van der Waals surface area contributed by atoms with Crippen molar-refractivity contribution in [2.75, 3.05) is 12.1 Å². The molecule has 3 rings (SSSR count). The second-order valence-corrected chi connectivity index (χ2v) is 8.04. The number of methoxy groups -OCH3 is 1. The van der Waals surface area contributed by atoms with E-state index in [1.165, 1.54) is 19.2 Å². The molecule has 0 N–H and O–H groups in total. The normalized spacial score (nSPS) is 16.9. The Labute approximate surface area is 164 Å². The van der Waals surface area contributed by atoms with Crippen LogP contribution >= 0.6 is 10.7 Å². The van der Waals surface area contributed by atoms with Crippen molar-refractivity contribution in [3.05, 3.63) is 48.5 Å². The highest BCUT2D eigenvalue weighted by molar-refractivity contribution is 8.13. The van der Waals surface area contributed by atoms with Crippen LogP contribution in [-0.4, -0.2) is 33.2 Å². The number of ether oxygens (including phenoxy) is 1. The van der Waals surface area contributed by atoms with Crippen molar-refractivity contribution in [3.8, 4) is 11.8 Å². The van der Waals surface area contributed by atoms with Gasteiger partial charge in [0.1, 0.15) is 17.5 Å². The molecule has 11 heteroatoms. The van der Waals surface area contributed by atoms with Crippen LogP contribution < -0.4 is 9.75 Å². The van der Waals surface area contributed by atoms with Crippen LogP contribution in [0.4, 0.5) is 11.4 Å². The molecular formula is C17H12ClN5O4S. The van der Waals surface area contributed by atoms with Crippen LogP contribution in [0.3, 0.4) is 0 Å². The van der Waals surface area contributed by atoms with E-state index in [1.54, 1.807) is 30.3 Å². The van der Waals surface area contributed by atoms with E-state index in [2.05, 4.69) is 15.3 Å². The minimum atomic E-state index is -3.99. The number of halogens is 1. The summed E-state index contributed by atoms with van der Waals surface area (Å²) in [4.78, 5) is 12.4. The highest BCUT2D eigenvalue weighted by Gasteiger charge is 2.37. The van der Waals surface area contributed by atoms with E-state index in [4.69, 9.17) is 15.4 Å². The molecule has 2 aromatic carbocycles. The standard InChI is InChI=1S/C17H12ClN5O4S/c1-27-15-8-7-12(28(18,25)26)9-13(15)20-21-16-14(10-19)22-23(17(16)24)11-5-3-2-4-6-11/h2-9,16H,1H3/b21-20+. The maximum absolute atomic E-state index is 12.6. The lowest BCUT2D eigenvalue weighted by Crippen LogP contribution is -2.30. The fraction of sp³-hybridized carbons (Fsp3) is 0.118. The predicted molar refractivity (Wildman–Crippen MR) is 101 cm³/mol. The average molecular weight is 418 g/mol. The second-order valence-electron chi connectivity index (χ2n) is 5.47. The minimum absolute atomic E-state index is 0.0347. The topological polar surface area (TPSA) is 125 Å². The van der Waals surface area contributed by atoms with Crippen LogP contribution in [-0.2, 0) is 13.8 Å². The third kappa shape index (κ3) is 3.85. The average Bonchev–Trinajstić information content (AvgIpc) is 3.01. The van der Waals surface area contributed by atoms with Gasteiger partial charge in [0, 0.05) is 10.7 Å². The molecule has 0 saturated carbocycles. The minimum Gasteiger partial charge on any atom is -0.494 e. The van der Waals surface area contributed by atoms with Crippen molar-refractivity contribution in [3.63, 3.8) is 0 Å². The van der Waals surface area contributed by atoms with Gasteiger partial charge in [0.2, 0.25) is 6.04 Å². The van der Waals surface area contributed by atoms with Gasteiger partial charge in [-0.15, -0.1) is 0 Å². The lowest BCUT2D eigenvalue weighted by Gasteiger charge is -2.11. The Kier molecular flexibility index (Phi) is 5.39. The predicted octanol–water partition coefficient (Wildman–Crippen LogP) is 3.00. The Morgan fingerprint density at radius 3 is 2.57 bits per heavy atom. The van der Waals surface area contributed by atoms with Gasteiger partial charge in [0.25, 0.3) is 15.0 Å². The van der Waals surface area contributed by atoms with E-state index in [-0.39, 0.29) is 22.0 Å². The Hall–Kier alpha value is -3.29. The van der Waals surface area contributed by atoms with Crippen LogP contribution in [0.5, 0.6) is 5.75 Å². The van der Waals surface area contributed by atoms with Crippen LogP contribution in [0, 0.1) is 11.3 Å². The summed E-state index contributed by atoms with van der Waals surface area (Å²) >= 11 is 0. The summed E-state index contributed by atoms with van der Waals surface area (Å²) in [6, 6.07) is 12.9. The molecular weight excluding hydrogens is 406 g/mol. The first-order valence-electron chi connectivity index (χ1n) is 7.76. The number of rotatable bonds is 5. The first kappa shape index (κ1) is 19.5. The van der Waals surface area contributed by atoms with Crippen molar-refractivity contribution in [1.29, 1.82) is 5.26 Å². The van der Waals surface area contributed by atoms with Crippen LogP contribution in [0.1, 0.15) is 0 Å². The molecule has 1 heterocycles. The SMILES string of the molecule is COc1ccc(S(=O)(=O)Cl)cc1/N=N/C1C(=O)N(c2ccccc2)N=C1C#N. The molecule has 1 atom stereocenters. The van der Waals surface area contributed by atoms with Gasteiger partial charge in [0.15, 0.2) is 5.71 Å². The summed E-state index contributed by atoms with van der Waals surface area (Å²) in [5, 5.41) is 22.1. The van der Waals surface area contributed by atoms with Gasteiger partial charge < -0.3 is 4.74 Å². The number of amides is 1. The lowest BCUT2D eigenvalue weighted by molar-refractivity contribution is -0.117. The Morgan fingerprint density at radius 1 is 1.25 bits per heavy atom. The van der Waals surface area contributed by atoms with Gasteiger partial charge in [-0.1, -0.05) is 18.2 Å². The molecule has 1 amide bonds. The largest absolute Gasteiger partial charge is 0.494 e. The van der Waals surface area contributed by atoms with Crippen molar-refractivity contribution in [2.24, 2.45) is 15.3 Å². The Balaban J connectivity index is 1.95. The van der Waals surface area contributed by atoms with Crippen molar-refractivity contribution >= 4 is 42.7 Å². The summed E-state index contributed by atoms with van der Waals surface area (Å²) in [7, 11) is 2.71. The number of benzene rings is 2. The molecule has 0 aromatic heterocycles. The van der Waals surface area contributed by atoms with E-state index in [9.17, 15) is 18.5 Å². The van der Waals surface area contributed by atoms with Gasteiger partial charge in [-0.05, 0) is 30.3 Å². The monoisotopic (exact) mass is 417 g/mol. The van der Waals surface area contributed by atoms with Crippen molar-refractivity contribution in [1.82, 2.24) is 0 Å². The molecule has 2 aromatic rings. The zero-order valence-electron chi connectivity index (χ0n) is 14.4. The first-order valence-corrected chi connectivity index (χ1v) is 10.1. The van der Waals surface area contributed by atoms with Crippen LogP contribution in [0.2, 0.25) is 0 Å². The Morgan fingerprint density at radius 2 is 1.96 bits per heavy atom. The van der Waals surface area contributed by atoms with E-state index in [0.717, 1.165) is 11.1 Å². The number of nitriles is 1. The summed E-state index contributed by atoms with van der Waals surface area (Å²) in [5.74, 6) is -0.347. The van der Waals surface area contributed by atoms with E-state index < -0.39 is 21.0 Å². The quantitative estimate of drug-likeness (QED) is 0.546. The maximum Gasteiger partial charge on any atom is 0.281 e. The summed E-state index contributed by atoms with van der Waals surface area (Å²) in [5.41, 5.74) is 0.371. The molecule has 0 fully saturated rings. The number of hydrazone groups is 1. The molecule has 0 aliphatic carbocycles. The van der Waals surface area contributed by atoms with Gasteiger partial charge in [-0.2, -0.15) is 25.6 Å². The molecule has 28 heavy (non-hydrogen) atoms. The number of anilines is 1. The molecule has 0 radical (unpaired) electrons. The second kappa shape index (κ2) is 7.75. The van der Waals surface area contributed by atoms with E-state index >= 15 is 0 Å². The zero-order valence-corrected chi connectivity index (χ0v) is 15.9. The molecule has 1 aliphatic rings. The fourth-order valence-electron chi connectivity index (χ4n) is 2.41. The molecule has 0 spiro atoms. The van der Waals surface area contributed by atoms with Gasteiger partial charge in [-0.25, -0.2) is 8.42 Å². The van der Waals surface area contributed by atoms with Crippen LogP contribution in [0.25, 0.3) is 0 Å². The third-order valence-corrected chi connectivity index (χ3v) is 5.09. The molecule has 1 aliphatic heterocycles. The van der Waals surface area contributed by atoms with Crippen LogP contribution in [0.15, 0.2) is 68.8 Å². The number of carbonyl (C=O) groups is 1. The lowest BCUT2D eigenvalue weighted by atomic mass is 10.2. The number of hydrogen-bond acceptors (Lipinski definition) is 8. The summed E-state index contributed by atoms with van der Waals surface area (Å²) in [6.07, 6.45) is 0. The van der Waals surface area contributed by atoms with E-state index in [1.807, 2.05) is 6.07 Å². The number of azo groups is 1. The number of nitrogens with zero attached hydrogens (tertiary/aromatic N) is 5. The third-order valence-electron chi connectivity index (χ3n) is 3.74. The molecule has 9 nitrogen and oxygen atoms in total. The Bertz CT molecular complexity index is 1130.